The van der Waals surface area contributed by atoms with Gasteiger partial charge in [0.1, 0.15) is 11.6 Å². The molecule has 1 fully saturated rings. The molecule has 1 unspecified atom stereocenters. The maximum atomic E-state index is 13.8. The molecule has 0 saturated heterocycles. The summed E-state index contributed by atoms with van der Waals surface area (Å²) in [4.78, 5) is 0. The molecule has 0 radical (unpaired) electrons. The van der Waals surface area contributed by atoms with Crippen LogP contribution in [0.4, 0.5) is 8.78 Å². The van der Waals surface area contributed by atoms with E-state index < -0.39 is 17.2 Å². The van der Waals surface area contributed by atoms with Gasteiger partial charge in [-0.05, 0) is 61.3 Å². The predicted octanol–water partition coefficient (Wildman–Crippen LogP) is 3.82. The van der Waals surface area contributed by atoms with Crippen LogP contribution in [0.2, 0.25) is 0 Å². The minimum absolute atomic E-state index is 0.290. The lowest BCUT2D eigenvalue weighted by Crippen LogP contribution is -2.53. The topological polar surface area (TPSA) is 35.2 Å². The highest BCUT2D eigenvalue weighted by atomic mass is 19.1. The van der Waals surface area contributed by atoms with Crippen LogP contribution in [0, 0.1) is 17.0 Å². The second kappa shape index (κ2) is 6.01. The Kier molecular flexibility index (Phi) is 4.69. The van der Waals surface area contributed by atoms with Crippen molar-refractivity contribution in [3.63, 3.8) is 0 Å². The Hall–Kier alpha value is -1.00. The van der Waals surface area contributed by atoms with E-state index in [0.29, 0.717) is 11.0 Å². The van der Waals surface area contributed by atoms with E-state index >= 15 is 0 Å². The number of methoxy groups -OCH3 is 1. The van der Waals surface area contributed by atoms with Gasteiger partial charge in [0.25, 0.3) is 0 Å². The molecule has 118 valence electrons. The third-order valence-electron chi connectivity index (χ3n) is 4.98. The molecule has 1 aromatic carbocycles. The molecule has 0 aromatic heterocycles. The molecule has 1 atom stereocenters. The lowest BCUT2D eigenvalue weighted by atomic mass is 9.68. The van der Waals surface area contributed by atoms with Crippen molar-refractivity contribution in [2.24, 2.45) is 11.1 Å². The average Bonchev–Trinajstić information content (AvgIpc) is 2.43. The largest absolute Gasteiger partial charge is 0.377 e. The summed E-state index contributed by atoms with van der Waals surface area (Å²) in [5.74, 6) is -0.843. The van der Waals surface area contributed by atoms with E-state index in [-0.39, 0.29) is 12.5 Å². The molecule has 0 amide bonds. The van der Waals surface area contributed by atoms with Gasteiger partial charge in [-0.1, -0.05) is 13.8 Å². The first-order valence-electron chi connectivity index (χ1n) is 7.53. The van der Waals surface area contributed by atoms with Crippen LogP contribution in [0.15, 0.2) is 18.2 Å². The molecule has 1 aromatic rings. The van der Waals surface area contributed by atoms with Gasteiger partial charge in [0.05, 0.1) is 5.60 Å². The lowest BCUT2D eigenvalue weighted by Gasteiger charge is -2.46. The summed E-state index contributed by atoms with van der Waals surface area (Å²) in [5, 5.41) is 0. The van der Waals surface area contributed by atoms with Crippen LogP contribution in [-0.2, 0) is 11.2 Å². The van der Waals surface area contributed by atoms with E-state index in [1.54, 1.807) is 7.11 Å². The zero-order valence-electron chi connectivity index (χ0n) is 13.1. The normalized spacial score (nSPS) is 22.0. The number of hydrogen-bond donors (Lipinski definition) is 1. The number of halogens is 2. The summed E-state index contributed by atoms with van der Waals surface area (Å²) in [7, 11) is 1.67. The van der Waals surface area contributed by atoms with Crippen LogP contribution in [0.3, 0.4) is 0 Å². The van der Waals surface area contributed by atoms with E-state index in [1.807, 2.05) is 0 Å². The molecule has 0 bridgehead atoms. The molecule has 0 aliphatic heterocycles. The fourth-order valence-corrected chi connectivity index (χ4v) is 3.20. The smallest absolute Gasteiger partial charge is 0.126 e. The second-order valence-electron chi connectivity index (χ2n) is 6.98. The first-order chi connectivity index (χ1) is 9.78. The van der Waals surface area contributed by atoms with Crippen LogP contribution in [0.5, 0.6) is 0 Å². The fourth-order valence-electron chi connectivity index (χ4n) is 3.20. The van der Waals surface area contributed by atoms with Crippen LogP contribution in [0.1, 0.15) is 45.1 Å². The van der Waals surface area contributed by atoms with Gasteiger partial charge in [-0.3, -0.25) is 0 Å². The first-order valence-corrected chi connectivity index (χ1v) is 7.53. The summed E-state index contributed by atoms with van der Waals surface area (Å²) in [6.45, 7) is 4.48. The van der Waals surface area contributed by atoms with Crippen LogP contribution >= 0.6 is 0 Å². The summed E-state index contributed by atoms with van der Waals surface area (Å²) < 4.78 is 32.8. The van der Waals surface area contributed by atoms with Gasteiger partial charge in [-0.25, -0.2) is 8.78 Å². The first kappa shape index (κ1) is 16.4. The number of hydrogen-bond acceptors (Lipinski definition) is 2. The zero-order chi connectivity index (χ0) is 15.7. The Balaban J connectivity index is 2.14. The highest BCUT2D eigenvalue weighted by molar-refractivity contribution is 5.21. The van der Waals surface area contributed by atoms with Gasteiger partial charge in [-0.2, -0.15) is 0 Å². The van der Waals surface area contributed by atoms with E-state index in [1.165, 1.54) is 6.07 Å². The van der Waals surface area contributed by atoms with Crippen molar-refractivity contribution in [1.82, 2.24) is 0 Å². The molecule has 2 nitrogen and oxygen atoms in total. The summed E-state index contributed by atoms with van der Waals surface area (Å²) in [6.07, 6.45) is 4.06. The Morgan fingerprint density at radius 3 is 2.38 bits per heavy atom. The molecule has 21 heavy (non-hydrogen) atoms. The van der Waals surface area contributed by atoms with Crippen molar-refractivity contribution < 1.29 is 13.5 Å². The Labute approximate surface area is 125 Å². The minimum Gasteiger partial charge on any atom is -0.377 e. The third-order valence-corrected chi connectivity index (χ3v) is 4.98. The monoisotopic (exact) mass is 297 g/mol. The number of benzene rings is 1. The Morgan fingerprint density at radius 1 is 1.19 bits per heavy atom. The van der Waals surface area contributed by atoms with E-state index in [2.05, 4.69) is 13.8 Å². The fraction of sp³-hybridized carbons (Fsp3) is 0.647. The standard InChI is InChI=1S/C17H25F2NO/c1-16(2)6-8-17(21-3,9-7-16)15(20)11-12-10-13(18)4-5-14(12)19/h4-5,10,15H,6-9,11,20H2,1-3H3. The molecule has 2 rings (SSSR count). The van der Waals surface area contributed by atoms with Gasteiger partial charge in [-0.15, -0.1) is 0 Å². The molecule has 4 heteroatoms. The van der Waals surface area contributed by atoms with Crippen molar-refractivity contribution in [2.45, 2.75) is 57.6 Å². The molecule has 2 N–H and O–H groups in total. The van der Waals surface area contributed by atoms with Crippen LogP contribution in [-0.4, -0.2) is 18.8 Å². The quantitative estimate of drug-likeness (QED) is 0.917. The highest BCUT2D eigenvalue weighted by Crippen LogP contribution is 2.43. The number of ether oxygens (including phenoxy) is 1. The Bertz CT molecular complexity index is 492. The Morgan fingerprint density at radius 2 is 1.81 bits per heavy atom. The van der Waals surface area contributed by atoms with Crippen LogP contribution < -0.4 is 5.73 Å². The van der Waals surface area contributed by atoms with Gasteiger partial charge in [0.2, 0.25) is 0 Å². The highest BCUT2D eigenvalue weighted by Gasteiger charge is 2.42. The molecular formula is C17H25F2NO. The second-order valence-corrected chi connectivity index (χ2v) is 6.98. The molecular weight excluding hydrogens is 272 g/mol. The molecule has 0 heterocycles. The van der Waals surface area contributed by atoms with Gasteiger partial charge >= 0.3 is 0 Å². The van der Waals surface area contributed by atoms with Crippen LogP contribution in [0.25, 0.3) is 0 Å². The predicted molar refractivity (Wildman–Crippen MR) is 80.0 cm³/mol. The van der Waals surface area contributed by atoms with Gasteiger partial charge in [0, 0.05) is 13.2 Å². The zero-order valence-corrected chi connectivity index (χ0v) is 13.1. The maximum Gasteiger partial charge on any atom is 0.126 e. The minimum atomic E-state index is -0.436. The van der Waals surface area contributed by atoms with E-state index in [0.717, 1.165) is 37.8 Å². The van der Waals surface area contributed by atoms with Crippen molar-refractivity contribution >= 4 is 0 Å². The maximum absolute atomic E-state index is 13.8. The molecule has 1 aliphatic carbocycles. The lowest BCUT2D eigenvalue weighted by molar-refractivity contribution is -0.0782. The van der Waals surface area contributed by atoms with Gasteiger partial charge < -0.3 is 10.5 Å². The average molecular weight is 297 g/mol. The molecule has 1 aliphatic rings. The summed E-state index contributed by atoms with van der Waals surface area (Å²) >= 11 is 0. The third kappa shape index (κ3) is 3.61. The SMILES string of the molecule is COC1(C(N)Cc2cc(F)ccc2F)CCC(C)(C)CC1. The summed E-state index contributed by atoms with van der Waals surface area (Å²) in [6, 6.07) is 3.17. The van der Waals surface area contributed by atoms with Crippen molar-refractivity contribution in [3.05, 3.63) is 35.4 Å². The molecule has 0 spiro atoms. The van der Waals surface area contributed by atoms with E-state index in [9.17, 15) is 8.78 Å². The number of nitrogens with two attached hydrogens (primary N) is 1. The van der Waals surface area contributed by atoms with E-state index in [4.69, 9.17) is 10.5 Å². The number of rotatable bonds is 4. The van der Waals surface area contributed by atoms with Crippen molar-refractivity contribution in [1.29, 1.82) is 0 Å². The van der Waals surface area contributed by atoms with Gasteiger partial charge in [0.15, 0.2) is 0 Å². The van der Waals surface area contributed by atoms with Crippen molar-refractivity contribution in [2.75, 3.05) is 7.11 Å². The van der Waals surface area contributed by atoms with Crippen molar-refractivity contribution in [3.8, 4) is 0 Å². The molecule has 1 saturated carbocycles. The summed E-state index contributed by atoms with van der Waals surface area (Å²) in [5.41, 5.74) is 6.50.